The van der Waals surface area contributed by atoms with Gasteiger partial charge in [-0.3, -0.25) is 14.5 Å². The van der Waals surface area contributed by atoms with E-state index in [2.05, 4.69) is 4.98 Å². The van der Waals surface area contributed by atoms with Crippen LogP contribution in [-0.4, -0.2) is 10.9 Å². The number of benzene rings is 2. The summed E-state index contributed by atoms with van der Waals surface area (Å²) in [6.45, 7) is 1.82. The van der Waals surface area contributed by atoms with E-state index in [1.165, 1.54) is 17.0 Å². The molecule has 0 saturated carbocycles. The Morgan fingerprint density at radius 3 is 2.48 bits per heavy atom. The van der Waals surface area contributed by atoms with Gasteiger partial charge in [0.1, 0.15) is 17.2 Å². The van der Waals surface area contributed by atoms with Crippen molar-refractivity contribution in [3.05, 3.63) is 105 Å². The minimum Gasteiger partial charge on any atom is -0.450 e. The van der Waals surface area contributed by atoms with Gasteiger partial charge >= 0.3 is 0 Å². The highest BCUT2D eigenvalue weighted by atomic mass is 19.1. The molecule has 0 aliphatic carbocycles. The maximum absolute atomic E-state index is 13.5. The Hall–Kier alpha value is -3.80. The monoisotopic (exact) mass is 386 g/mol. The number of rotatable bonds is 2. The lowest BCUT2D eigenvalue weighted by molar-refractivity contribution is 0.0970. The zero-order chi connectivity index (χ0) is 20.1. The summed E-state index contributed by atoms with van der Waals surface area (Å²) in [5.74, 6) is -0.454. The average molecular weight is 386 g/mol. The Morgan fingerprint density at radius 2 is 1.72 bits per heavy atom. The van der Waals surface area contributed by atoms with Crippen LogP contribution in [0.3, 0.4) is 0 Å². The number of carbonyl (C=O) groups excluding carboxylic acids is 1. The van der Waals surface area contributed by atoms with Crippen molar-refractivity contribution in [2.24, 2.45) is 0 Å². The van der Waals surface area contributed by atoms with Crippen LogP contribution < -0.4 is 10.3 Å². The van der Waals surface area contributed by atoms with Crippen molar-refractivity contribution in [1.82, 2.24) is 4.98 Å². The number of pyridine rings is 1. The molecule has 0 unspecified atom stereocenters. The molecule has 2 aromatic heterocycles. The fourth-order valence-corrected chi connectivity index (χ4v) is 3.78. The zero-order valence-electron chi connectivity index (χ0n) is 15.4. The molecule has 0 spiro atoms. The summed E-state index contributed by atoms with van der Waals surface area (Å²) in [6, 6.07) is 17.1. The third-order valence-corrected chi connectivity index (χ3v) is 5.08. The molecule has 0 radical (unpaired) electrons. The van der Waals surface area contributed by atoms with Crippen molar-refractivity contribution in [2.75, 3.05) is 4.90 Å². The Balaban J connectivity index is 1.82. The standard InChI is InChI=1S/C23H15FN2O3/c1-13-5-4-8-18(25-13)26-20(14-9-11-15(24)12-10-14)19-21(27)16-6-2-3-7-17(16)29-22(19)23(26)28/h2-12,20H,1H3/t20-/m0/s1. The first kappa shape index (κ1) is 17.3. The molecule has 1 amide bonds. The van der Waals surface area contributed by atoms with Crippen molar-refractivity contribution in [1.29, 1.82) is 0 Å². The number of aromatic nitrogens is 1. The molecule has 5 rings (SSSR count). The van der Waals surface area contributed by atoms with Crippen LogP contribution in [0.4, 0.5) is 10.2 Å². The molecule has 4 aromatic rings. The molecule has 142 valence electrons. The summed E-state index contributed by atoms with van der Waals surface area (Å²) in [5.41, 5.74) is 1.64. The molecule has 1 aliphatic rings. The van der Waals surface area contributed by atoms with Gasteiger partial charge in [0, 0.05) is 5.69 Å². The molecule has 1 atom stereocenters. The quantitative estimate of drug-likeness (QED) is 0.513. The van der Waals surface area contributed by atoms with Crippen molar-refractivity contribution in [2.45, 2.75) is 13.0 Å². The van der Waals surface area contributed by atoms with Gasteiger partial charge in [0.05, 0.1) is 17.0 Å². The van der Waals surface area contributed by atoms with Gasteiger partial charge in [-0.15, -0.1) is 0 Å². The molecule has 1 aliphatic heterocycles. The van der Waals surface area contributed by atoms with Crippen LogP contribution >= 0.6 is 0 Å². The number of aryl methyl sites for hydroxylation is 1. The van der Waals surface area contributed by atoms with Gasteiger partial charge in [-0.1, -0.05) is 30.3 Å². The van der Waals surface area contributed by atoms with Gasteiger partial charge < -0.3 is 4.42 Å². The summed E-state index contributed by atoms with van der Waals surface area (Å²) < 4.78 is 19.4. The van der Waals surface area contributed by atoms with Gasteiger partial charge in [0.2, 0.25) is 5.76 Å². The molecule has 0 saturated heterocycles. The van der Waals surface area contributed by atoms with E-state index in [1.807, 2.05) is 13.0 Å². The zero-order valence-corrected chi connectivity index (χ0v) is 15.4. The largest absolute Gasteiger partial charge is 0.450 e. The van der Waals surface area contributed by atoms with E-state index in [-0.39, 0.29) is 16.8 Å². The predicted octanol–water partition coefficient (Wildman–Crippen LogP) is 4.39. The minimum absolute atomic E-state index is 0.00803. The highest BCUT2D eigenvalue weighted by Gasteiger charge is 2.44. The Bertz CT molecular complexity index is 1330. The van der Waals surface area contributed by atoms with Crippen molar-refractivity contribution < 1.29 is 13.6 Å². The third-order valence-electron chi connectivity index (χ3n) is 5.08. The Kier molecular flexibility index (Phi) is 3.81. The van der Waals surface area contributed by atoms with E-state index in [0.717, 1.165) is 5.69 Å². The maximum atomic E-state index is 13.5. The van der Waals surface area contributed by atoms with E-state index in [4.69, 9.17) is 4.42 Å². The van der Waals surface area contributed by atoms with Crippen molar-refractivity contribution in [3.8, 4) is 0 Å². The molecular weight excluding hydrogens is 371 g/mol. The lowest BCUT2D eigenvalue weighted by Gasteiger charge is -2.24. The number of fused-ring (bicyclic) bond motifs is 2. The molecule has 0 N–H and O–H groups in total. The average Bonchev–Trinajstić information content (AvgIpc) is 3.02. The van der Waals surface area contributed by atoms with E-state index >= 15 is 0 Å². The molecule has 3 heterocycles. The molecule has 29 heavy (non-hydrogen) atoms. The van der Waals surface area contributed by atoms with Crippen LogP contribution in [0.25, 0.3) is 11.0 Å². The van der Waals surface area contributed by atoms with E-state index in [0.29, 0.717) is 22.4 Å². The van der Waals surface area contributed by atoms with Crippen LogP contribution in [0.15, 0.2) is 75.9 Å². The molecular formula is C23H15FN2O3. The van der Waals surface area contributed by atoms with Crippen LogP contribution in [0.2, 0.25) is 0 Å². The number of hydrogen-bond acceptors (Lipinski definition) is 4. The number of hydrogen-bond donors (Lipinski definition) is 0. The van der Waals surface area contributed by atoms with Crippen LogP contribution in [0.5, 0.6) is 0 Å². The second-order valence-corrected chi connectivity index (χ2v) is 6.94. The number of nitrogens with zero attached hydrogens (tertiary/aromatic N) is 2. The first-order chi connectivity index (χ1) is 14.0. The third kappa shape index (κ3) is 2.64. The van der Waals surface area contributed by atoms with E-state index in [9.17, 15) is 14.0 Å². The van der Waals surface area contributed by atoms with E-state index < -0.39 is 17.8 Å². The Morgan fingerprint density at radius 1 is 0.966 bits per heavy atom. The number of halogens is 1. The number of para-hydroxylation sites is 1. The molecule has 0 bridgehead atoms. The van der Waals surface area contributed by atoms with Gasteiger partial charge in [-0.25, -0.2) is 9.37 Å². The maximum Gasteiger partial charge on any atom is 0.296 e. The van der Waals surface area contributed by atoms with Crippen LogP contribution in [0, 0.1) is 12.7 Å². The number of amides is 1. The second kappa shape index (κ2) is 6.38. The SMILES string of the molecule is Cc1cccc(N2C(=O)c3oc4ccccc4c(=O)c3[C@@H]2c2ccc(F)cc2)n1. The fourth-order valence-electron chi connectivity index (χ4n) is 3.78. The van der Waals surface area contributed by atoms with Crippen LogP contribution in [-0.2, 0) is 0 Å². The highest BCUT2D eigenvalue weighted by molar-refractivity contribution is 6.10. The fraction of sp³-hybridized carbons (Fsp3) is 0.0870. The summed E-state index contributed by atoms with van der Waals surface area (Å²) >= 11 is 0. The van der Waals surface area contributed by atoms with Gasteiger partial charge in [0.25, 0.3) is 5.91 Å². The van der Waals surface area contributed by atoms with Crippen LogP contribution in [0.1, 0.15) is 33.4 Å². The summed E-state index contributed by atoms with van der Waals surface area (Å²) in [7, 11) is 0. The molecule has 2 aromatic carbocycles. The minimum atomic E-state index is -0.756. The highest BCUT2D eigenvalue weighted by Crippen LogP contribution is 2.40. The Labute approximate surface area is 165 Å². The smallest absolute Gasteiger partial charge is 0.296 e. The second-order valence-electron chi connectivity index (χ2n) is 6.94. The number of carbonyl (C=O) groups is 1. The summed E-state index contributed by atoms with van der Waals surface area (Å²) in [5, 5.41) is 0.394. The van der Waals surface area contributed by atoms with Gasteiger partial charge in [-0.2, -0.15) is 0 Å². The number of anilines is 1. The predicted molar refractivity (Wildman–Crippen MR) is 107 cm³/mol. The first-order valence-corrected chi connectivity index (χ1v) is 9.13. The lowest BCUT2D eigenvalue weighted by atomic mass is 9.98. The van der Waals surface area contributed by atoms with Gasteiger partial charge in [-0.05, 0) is 48.9 Å². The lowest BCUT2D eigenvalue weighted by Crippen LogP contribution is -2.30. The summed E-state index contributed by atoms with van der Waals surface area (Å²) in [4.78, 5) is 32.6. The first-order valence-electron chi connectivity index (χ1n) is 9.13. The normalized spacial score (nSPS) is 15.7. The molecule has 6 heteroatoms. The molecule has 0 fully saturated rings. The van der Waals surface area contributed by atoms with E-state index in [1.54, 1.807) is 48.5 Å². The summed E-state index contributed by atoms with van der Waals surface area (Å²) in [6.07, 6.45) is 0. The topological polar surface area (TPSA) is 63.4 Å². The van der Waals surface area contributed by atoms with Crippen molar-refractivity contribution in [3.63, 3.8) is 0 Å². The van der Waals surface area contributed by atoms with Gasteiger partial charge in [0.15, 0.2) is 5.43 Å². The molecule has 5 nitrogen and oxygen atoms in total. The van der Waals surface area contributed by atoms with Crippen molar-refractivity contribution >= 4 is 22.7 Å².